The van der Waals surface area contributed by atoms with E-state index in [1.54, 1.807) is 0 Å². The van der Waals surface area contributed by atoms with Gasteiger partial charge >= 0.3 is 0 Å². The van der Waals surface area contributed by atoms with Crippen LogP contribution in [0.1, 0.15) is 11.5 Å². The summed E-state index contributed by atoms with van der Waals surface area (Å²) in [4.78, 5) is 4.15. The molecule has 1 aliphatic heterocycles. The van der Waals surface area contributed by atoms with Crippen LogP contribution in [0.5, 0.6) is 0 Å². The van der Waals surface area contributed by atoms with Gasteiger partial charge in [0.15, 0.2) is 5.69 Å². The first-order valence-corrected chi connectivity index (χ1v) is 4.35. The Morgan fingerprint density at radius 1 is 1.62 bits per heavy atom. The van der Waals surface area contributed by atoms with Gasteiger partial charge in [-0.15, -0.1) is 12.4 Å². The molecule has 0 saturated heterocycles. The number of ether oxygens (including phenoxy) is 1. The van der Waals surface area contributed by atoms with Gasteiger partial charge in [-0.1, -0.05) is 0 Å². The van der Waals surface area contributed by atoms with Crippen molar-refractivity contribution in [1.29, 1.82) is 5.26 Å². The molecule has 13 heavy (non-hydrogen) atoms. The second kappa shape index (κ2) is 4.09. The normalized spacial score (nSPS) is 14.2. The molecule has 0 radical (unpaired) electrons. The van der Waals surface area contributed by atoms with E-state index in [2.05, 4.69) is 27.0 Å². The Kier molecular flexibility index (Phi) is 3.31. The first-order chi connectivity index (χ1) is 5.83. The molecule has 6 heteroatoms. The van der Waals surface area contributed by atoms with Gasteiger partial charge in [-0.3, -0.25) is 0 Å². The van der Waals surface area contributed by atoms with Crippen LogP contribution in [0.3, 0.4) is 0 Å². The summed E-state index contributed by atoms with van der Waals surface area (Å²) in [6.45, 7) is 1.88. The van der Waals surface area contributed by atoms with Gasteiger partial charge in [-0.05, 0) is 15.9 Å². The molecule has 0 unspecified atom stereocenters. The van der Waals surface area contributed by atoms with Crippen molar-refractivity contribution in [3.63, 3.8) is 0 Å². The minimum Gasteiger partial charge on any atom is -0.372 e. The molecule has 0 atom stereocenters. The standard InChI is InChI=1S/C7H6BrN3O.ClH/c8-7-5(3-9)11-1-2-12-4-6(11)10-7;/h1-2,4H2;1H. The van der Waals surface area contributed by atoms with Crippen molar-refractivity contribution in [3.8, 4) is 6.07 Å². The van der Waals surface area contributed by atoms with Gasteiger partial charge in [0, 0.05) is 6.54 Å². The van der Waals surface area contributed by atoms with Crippen LogP contribution >= 0.6 is 28.3 Å². The lowest BCUT2D eigenvalue weighted by atomic mass is 10.4. The Morgan fingerprint density at radius 3 is 3.08 bits per heavy atom. The van der Waals surface area contributed by atoms with E-state index in [1.807, 2.05) is 4.57 Å². The maximum absolute atomic E-state index is 8.78. The summed E-state index contributed by atoms with van der Waals surface area (Å²) in [6.07, 6.45) is 0. The fraction of sp³-hybridized carbons (Fsp3) is 0.429. The molecule has 2 rings (SSSR count). The van der Waals surface area contributed by atoms with E-state index in [1.165, 1.54) is 0 Å². The maximum Gasteiger partial charge on any atom is 0.154 e. The number of hydrogen-bond acceptors (Lipinski definition) is 3. The lowest BCUT2D eigenvalue weighted by Gasteiger charge is -2.14. The van der Waals surface area contributed by atoms with Crippen LogP contribution < -0.4 is 0 Å². The molecule has 0 bridgehead atoms. The summed E-state index contributed by atoms with van der Waals surface area (Å²) in [5.41, 5.74) is 0.591. The molecule has 0 N–H and O–H groups in total. The van der Waals surface area contributed by atoms with E-state index in [0.717, 1.165) is 12.4 Å². The highest BCUT2D eigenvalue weighted by Gasteiger charge is 2.17. The number of aromatic nitrogens is 2. The highest BCUT2D eigenvalue weighted by molar-refractivity contribution is 9.10. The van der Waals surface area contributed by atoms with Gasteiger partial charge in [-0.2, -0.15) is 5.26 Å². The number of halogens is 2. The number of hydrogen-bond donors (Lipinski definition) is 0. The fourth-order valence-electron chi connectivity index (χ4n) is 1.24. The second-order valence-corrected chi connectivity index (χ2v) is 3.23. The third kappa shape index (κ3) is 1.70. The van der Waals surface area contributed by atoms with E-state index in [-0.39, 0.29) is 12.4 Å². The number of nitriles is 1. The van der Waals surface area contributed by atoms with Crippen LogP contribution in [-0.4, -0.2) is 16.2 Å². The zero-order valence-electron chi connectivity index (χ0n) is 6.66. The monoisotopic (exact) mass is 263 g/mol. The van der Waals surface area contributed by atoms with Crippen LogP contribution in [0.4, 0.5) is 0 Å². The molecule has 1 aliphatic rings. The van der Waals surface area contributed by atoms with Crippen molar-refractivity contribution in [2.75, 3.05) is 6.61 Å². The van der Waals surface area contributed by atoms with Gasteiger partial charge in [0.2, 0.25) is 0 Å². The minimum atomic E-state index is 0. The van der Waals surface area contributed by atoms with Crippen molar-refractivity contribution in [2.24, 2.45) is 0 Å². The van der Waals surface area contributed by atoms with Gasteiger partial charge in [-0.25, -0.2) is 4.98 Å². The Labute approximate surface area is 90.1 Å². The van der Waals surface area contributed by atoms with E-state index in [9.17, 15) is 0 Å². The molecule has 0 amide bonds. The number of nitrogens with zero attached hydrogens (tertiary/aromatic N) is 3. The predicted octanol–water partition coefficient (Wildman–Crippen LogP) is 1.47. The van der Waals surface area contributed by atoms with E-state index >= 15 is 0 Å². The van der Waals surface area contributed by atoms with Gasteiger partial charge < -0.3 is 9.30 Å². The first kappa shape index (κ1) is 10.5. The fourth-order valence-corrected chi connectivity index (χ4v) is 1.75. The summed E-state index contributed by atoms with van der Waals surface area (Å²) in [7, 11) is 0. The third-order valence-corrected chi connectivity index (χ3v) is 2.35. The van der Waals surface area contributed by atoms with E-state index in [4.69, 9.17) is 10.00 Å². The van der Waals surface area contributed by atoms with E-state index in [0.29, 0.717) is 23.5 Å². The Balaban J connectivity index is 0.000000845. The van der Waals surface area contributed by atoms with Gasteiger partial charge in [0.05, 0.1) is 6.61 Å². The lowest BCUT2D eigenvalue weighted by molar-refractivity contribution is 0.0813. The topological polar surface area (TPSA) is 50.8 Å². The highest BCUT2D eigenvalue weighted by Crippen LogP contribution is 2.19. The van der Waals surface area contributed by atoms with Crippen molar-refractivity contribution in [1.82, 2.24) is 9.55 Å². The zero-order chi connectivity index (χ0) is 8.55. The number of fused-ring (bicyclic) bond motifs is 1. The smallest absolute Gasteiger partial charge is 0.154 e. The molecule has 1 aromatic heterocycles. The van der Waals surface area contributed by atoms with Crippen LogP contribution in [0.25, 0.3) is 0 Å². The maximum atomic E-state index is 8.78. The number of imidazole rings is 1. The molecular weight excluding hydrogens is 257 g/mol. The Hall–Kier alpha value is -0.570. The summed E-state index contributed by atoms with van der Waals surface area (Å²) < 4.78 is 7.69. The lowest BCUT2D eigenvalue weighted by Crippen LogP contribution is -2.17. The van der Waals surface area contributed by atoms with Crippen molar-refractivity contribution < 1.29 is 4.74 Å². The first-order valence-electron chi connectivity index (χ1n) is 3.55. The molecule has 0 saturated carbocycles. The summed E-state index contributed by atoms with van der Waals surface area (Å²) >= 11 is 3.23. The summed E-state index contributed by atoms with van der Waals surface area (Å²) in [5.74, 6) is 0.824. The molecule has 0 aliphatic carbocycles. The molecule has 0 spiro atoms. The average molecular weight is 265 g/mol. The van der Waals surface area contributed by atoms with Crippen LogP contribution in [0.15, 0.2) is 4.60 Å². The van der Waals surface area contributed by atoms with Crippen LogP contribution in [0, 0.1) is 11.3 Å². The molecule has 0 fully saturated rings. The van der Waals surface area contributed by atoms with Gasteiger partial charge in [0.1, 0.15) is 23.1 Å². The average Bonchev–Trinajstić information content (AvgIpc) is 2.40. The van der Waals surface area contributed by atoms with Gasteiger partial charge in [0.25, 0.3) is 0 Å². The highest BCUT2D eigenvalue weighted by atomic mass is 79.9. The SMILES string of the molecule is Cl.N#Cc1c(Br)nc2n1CCOC2. The molecule has 4 nitrogen and oxygen atoms in total. The Morgan fingerprint density at radius 2 is 2.38 bits per heavy atom. The summed E-state index contributed by atoms with van der Waals surface area (Å²) in [5, 5.41) is 8.78. The van der Waals surface area contributed by atoms with E-state index < -0.39 is 0 Å². The third-order valence-electron chi connectivity index (χ3n) is 1.80. The van der Waals surface area contributed by atoms with Crippen molar-refractivity contribution >= 4 is 28.3 Å². The molecule has 1 aromatic rings. The van der Waals surface area contributed by atoms with Crippen molar-refractivity contribution in [2.45, 2.75) is 13.2 Å². The quantitative estimate of drug-likeness (QED) is 0.713. The largest absolute Gasteiger partial charge is 0.372 e. The molecular formula is C7H7BrClN3O. The van der Waals surface area contributed by atoms with Crippen LogP contribution in [0.2, 0.25) is 0 Å². The summed E-state index contributed by atoms with van der Waals surface area (Å²) in [6, 6.07) is 2.10. The molecule has 70 valence electrons. The zero-order valence-corrected chi connectivity index (χ0v) is 9.06. The minimum absolute atomic E-state index is 0. The number of rotatable bonds is 0. The van der Waals surface area contributed by atoms with Crippen molar-refractivity contribution in [3.05, 3.63) is 16.1 Å². The molecule has 0 aromatic carbocycles. The Bertz CT molecular complexity index is 357. The molecule has 2 heterocycles. The predicted molar refractivity (Wildman–Crippen MR) is 51.5 cm³/mol. The second-order valence-electron chi connectivity index (χ2n) is 2.48. The van der Waals surface area contributed by atoms with Crippen LogP contribution in [-0.2, 0) is 17.9 Å².